The molecule has 0 saturated heterocycles. The summed E-state index contributed by atoms with van der Waals surface area (Å²) < 4.78 is 6.03. The molecule has 86 valence electrons. The monoisotopic (exact) mass is 395 g/mol. The van der Waals surface area contributed by atoms with Crippen LogP contribution < -0.4 is 4.68 Å². The van der Waals surface area contributed by atoms with E-state index in [1.165, 1.54) is 11.1 Å². The zero-order valence-corrected chi connectivity index (χ0v) is 12.9. The van der Waals surface area contributed by atoms with Gasteiger partial charge in [-0.1, -0.05) is 0 Å². The van der Waals surface area contributed by atoms with Crippen LogP contribution in [0.25, 0.3) is 0 Å². The number of aromatic amines is 1. The highest BCUT2D eigenvalue weighted by molar-refractivity contribution is 14.1. The molecular formula is C10H13BrIN4+. The lowest BCUT2D eigenvalue weighted by Crippen LogP contribution is -2.33. The minimum absolute atomic E-state index is 0.899. The molecule has 0 atom stereocenters. The van der Waals surface area contributed by atoms with Gasteiger partial charge in [-0.25, -0.2) is 0 Å². The van der Waals surface area contributed by atoms with Crippen LogP contribution in [-0.2, 0) is 20.0 Å². The smallest absolute Gasteiger partial charge is 0.200 e. The van der Waals surface area contributed by atoms with Gasteiger partial charge in [0.2, 0.25) is 0 Å². The van der Waals surface area contributed by atoms with Crippen molar-refractivity contribution in [3.63, 3.8) is 0 Å². The van der Waals surface area contributed by atoms with Crippen molar-refractivity contribution in [1.82, 2.24) is 14.9 Å². The van der Waals surface area contributed by atoms with E-state index in [9.17, 15) is 0 Å². The summed E-state index contributed by atoms with van der Waals surface area (Å²) >= 11 is 5.81. The molecule has 0 bridgehead atoms. The predicted molar refractivity (Wildman–Crippen MR) is 73.1 cm³/mol. The minimum Gasteiger partial charge on any atom is -0.274 e. The number of halogens is 2. The molecule has 16 heavy (non-hydrogen) atoms. The van der Waals surface area contributed by atoms with Crippen molar-refractivity contribution >= 4 is 38.5 Å². The fourth-order valence-corrected chi connectivity index (χ4v) is 2.74. The largest absolute Gasteiger partial charge is 0.274 e. The lowest BCUT2D eigenvalue weighted by Gasteiger charge is -1.92. The van der Waals surface area contributed by atoms with Gasteiger partial charge in [0.05, 0.1) is 5.56 Å². The maximum Gasteiger partial charge on any atom is 0.200 e. The van der Waals surface area contributed by atoms with Gasteiger partial charge < -0.3 is 0 Å². The molecule has 0 aliphatic heterocycles. The normalized spacial score (nSPS) is 11.0. The number of aryl methyl sites for hydroxylation is 2. The molecule has 0 aromatic carbocycles. The van der Waals surface area contributed by atoms with Crippen molar-refractivity contribution in [3.8, 4) is 0 Å². The van der Waals surface area contributed by atoms with Crippen molar-refractivity contribution in [3.05, 3.63) is 31.8 Å². The van der Waals surface area contributed by atoms with Gasteiger partial charge in [-0.2, -0.15) is 10.2 Å². The van der Waals surface area contributed by atoms with Crippen LogP contribution in [0, 0.1) is 3.70 Å². The summed E-state index contributed by atoms with van der Waals surface area (Å²) in [5.74, 6) is 0. The molecule has 0 spiro atoms. The molecule has 0 aliphatic rings. The van der Waals surface area contributed by atoms with Gasteiger partial charge in [0.1, 0.15) is 8.30 Å². The average Bonchev–Trinajstić information content (AvgIpc) is 2.72. The molecule has 0 aliphatic carbocycles. The quantitative estimate of drug-likeness (QED) is 0.626. The summed E-state index contributed by atoms with van der Waals surface area (Å²) in [5.41, 5.74) is 2.51. The zero-order valence-electron chi connectivity index (χ0n) is 9.17. The number of H-pyrrole nitrogens is 1. The summed E-state index contributed by atoms with van der Waals surface area (Å²) in [7, 11) is 1.95. The van der Waals surface area contributed by atoms with E-state index in [-0.39, 0.29) is 0 Å². The summed E-state index contributed by atoms with van der Waals surface area (Å²) in [6, 6.07) is 0. The van der Waals surface area contributed by atoms with Crippen molar-refractivity contribution in [1.29, 1.82) is 0 Å². The molecular weight excluding hydrogens is 383 g/mol. The fraction of sp³-hybridized carbons (Fsp3) is 0.400. The lowest BCUT2D eigenvalue weighted by atomic mass is 10.2. The Morgan fingerprint density at radius 1 is 1.56 bits per heavy atom. The second-order valence-electron chi connectivity index (χ2n) is 3.66. The Hall–Kier alpha value is -0.370. The van der Waals surface area contributed by atoms with Gasteiger partial charge in [0, 0.05) is 25.2 Å². The molecule has 0 unspecified atom stereocenters. The Balaban J connectivity index is 2.26. The molecule has 0 radical (unpaired) electrons. The topological polar surface area (TPSA) is 37.5 Å². The van der Waals surface area contributed by atoms with Crippen molar-refractivity contribution in [2.75, 3.05) is 0 Å². The molecule has 2 heterocycles. The average molecular weight is 396 g/mol. The Morgan fingerprint density at radius 2 is 2.31 bits per heavy atom. The molecule has 4 nitrogen and oxygen atoms in total. The number of nitrogens with zero attached hydrogens (tertiary/aromatic N) is 3. The van der Waals surface area contributed by atoms with E-state index in [1.54, 1.807) is 0 Å². The van der Waals surface area contributed by atoms with E-state index < -0.39 is 0 Å². The van der Waals surface area contributed by atoms with Crippen LogP contribution in [0.15, 0.2) is 17.0 Å². The molecule has 0 saturated carbocycles. The minimum atomic E-state index is 0.899. The third-order valence-corrected chi connectivity index (χ3v) is 4.01. The third kappa shape index (κ3) is 2.48. The molecule has 0 fully saturated rings. The van der Waals surface area contributed by atoms with E-state index >= 15 is 0 Å². The molecule has 2 aromatic heterocycles. The summed E-state index contributed by atoms with van der Waals surface area (Å²) in [4.78, 5) is 0. The van der Waals surface area contributed by atoms with Crippen molar-refractivity contribution in [2.24, 2.45) is 7.05 Å². The highest BCUT2D eigenvalue weighted by atomic mass is 127. The summed E-state index contributed by atoms with van der Waals surface area (Å²) in [6.07, 6.45) is 5.10. The second-order valence-corrected chi connectivity index (χ2v) is 5.48. The first-order chi connectivity index (χ1) is 7.60. The molecule has 2 rings (SSSR count). The van der Waals surface area contributed by atoms with Crippen molar-refractivity contribution in [2.45, 2.75) is 19.9 Å². The fourth-order valence-electron chi connectivity index (χ4n) is 1.60. The van der Waals surface area contributed by atoms with Crippen LogP contribution in [0.2, 0.25) is 0 Å². The lowest BCUT2D eigenvalue weighted by molar-refractivity contribution is -0.747. The summed E-state index contributed by atoms with van der Waals surface area (Å²) in [6.45, 7) is 3.06. The summed E-state index contributed by atoms with van der Waals surface area (Å²) in [5, 5.41) is 7.58. The molecule has 0 amide bonds. The molecule has 6 heteroatoms. The van der Waals surface area contributed by atoms with E-state index in [0.29, 0.717) is 0 Å². The van der Waals surface area contributed by atoms with Crippen LogP contribution in [0.5, 0.6) is 0 Å². The standard InChI is InChI=1S/C10H12BrIN4/c1-3-16-6-7(9(11)13-16)4-8-5-15(2)14-10(8)12/h5-6H,3-4H2,1-2H3/p+1. The first-order valence-corrected chi connectivity index (χ1v) is 6.92. The molecule has 1 N–H and O–H groups in total. The van der Waals surface area contributed by atoms with E-state index in [4.69, 9.17) is 0 Å². The highest BCUT2D eigenvalue weighted by Gasteiger charge is 2.14. The van der Waals surface area contributed by atoms with Gasteiger partial charge in [-0.15, -0.1) is 4.68 Å². The number of rotatable bonds is 3. The number of hydrogen-bond acceptors (Lipinski definition) is 1. The Kier molecular flexibility index (Phi) is 3.68. The SMILES string of the molecule is CC[n+]1cc(Cc2cn(C)nc2I)c(Br)[nH]1. The number of aromatic nitrogens is 4. The van der Waals surface area contributed by atoms with Crippen molar-refractivity contribution < 1.29 is 4.68 Å². The van der Waals surface area contributed by atoms with Crippen LogP contribution >= 0.6 is 38.5 Å². The predicted octanol–water partition coefficient (Wildman–Crippen LogP) is 2.01. The second kappa shape index (κ2) is 4.87. The van der Waals surface area contributed by atoms with Gasteiger partial charge >= 0.3 is 0 Å². The van der Waals surface area contributed by atoms with Crippen LogP contribution in [0.4, 0.5) is 0 Å². The van der Waals surface area contributed by atoms with Gasteiger partial charge in [-0.3, -0.25) is 4.68 Å². The van der Waals surface area contributed by atoms with E-state index in [1.807, 2.05) is 11.7 Å². The zero-order chi connectivity index (χ0) is 11.7. The van der Waals surface area contributed by atoms with Gasteiger partial charge in [0.25, 0.3) is 0 Å². The van der Waals surface area contributed by atoms with E-state index in [2.05, 4.69) is 72.7 Å². The third-order valence-electron chi connectivity index (χ3n) is 2.41. The van der Waals surface area contributed by atoms with Gasteiger partial charge in [-0.05, 0) is 45.4 Å². The van der Waals surface area contributed by atoms with Crippen LogP contribution in [0.3, 0.4) is 0 Å². The number of nitrogens with one attached hydrogen (secondary N) is 1. The first kappa shape index (κ1) is 12.1. The highest BCUT2D eigenvalue weighted by Crippen LogP contribution is 2.19. The number of hydrogen-bond donors (Lipinski definition) is 1. The van der Waals surface area contributed by atoms with E-state index in [0.717, 1.165) is 21.3 Å². The van der Waals surface area contributed by atoms with Crippen LogP contribution in [0.1, 0.15) is 18.1 Å². The first-order valence-electron chi connectivity index (χ1n) is 5.05. The van der Waals surface area contributed by atoms with Crippen LogP contribution in [-0.4, -0.2) is 14.9 Å². The van der Waals surface area contributed by atoms with Gasteiger partial charge in [0.15, 0.2) is 12.7 Å². The Labute approximate surface area is 116 Å². The maximum atomic E-state index is 4.33. The molecule has 2 aromatic rings. The maximum absolute atomic E-state index is 4.33. The Bertz CT molecular complexity index is 503. The Morgan fingerprint density at radius 3 is 2.81 bits per heavy atom.